The predicted octanol–water partition coefficient (Wildman–Crippen LogP) is 2.87. The molecule has 126 valence electrons. The molecule has 1 saturated heterocycles. The number of alkyl halides is 3. The van der Waals surface area contributed by atoms with Crippen LogP contribution in [0.5, 0.6) is 0 Å². The van der Waals surface area contributed by atoms with Crippen molar-refractivity contribution in [2.75, 3.05) is 19.6 Å². The fraction of sp³-hybridized carbons (Fsp3) is 0.467. The van der Waals surface area contributed by atoms with Crippen LogP contribution in [0.25, 0.3) is 0 Å². The number of hydrogen-bond acceptors (Lipinski definition) is 2. The summed E-state index contributed by atoms with van der Waals surface area (Å²) < 4.78 is 37.0. The van der Waals surface area contributed by atoms with Crippen molar-refractivity contribution in [3.05, 3.63) is 34.9 Å². The van der Waals surface area contributed by atoms with E-state index in [0.717, 1.165) is 4.90 Å². The molecule has 0 radical (unpaired) electrons. The molecule has 1 aromatic rings. The van der Waals surface area contributed by atoms with Gasteiger partial charge in [-0.3, -0.25) is 9.59 Å². The van der Waals surface area contributed by atoms with E-state index in [-0.39, 0.29) is 24.9 Å². The first-order chi connectivity index (χ1) is 10.8. The van der Waals surface area contributed by atoms with Gasteiger partial charge in [0.25, 0.3) is 5.91 Å². The molecule has 1 aliphatic rings. The van der Waals surface area contributed by atoms with Crippen LogP contribution in [-0.2, 0) is 4.79 Å². The lowest BCUT2D eigenvalue weighted by Gasteiger charge is -2.32. The lowest BCUT2D eigenvalue weighted by Crippen LogP contribution is -2.46. The lowest BCUT2D eigenvalue weighted by atomic mass is 9.96. The number of rotatable bonds is 3. The van der Waals surface area contributed by atoms with Gasteiger partial charge in [-0.15, -0.1) is 0 Å². The van der Waals surface area contributed by atoms with Crippen molar-refractivity contribution in [3.63, 3.8) is 0 Å². The van der Waals surface area contributed by atoms with Crippen LogP contribution in [-0.4, -0.2) is 42.5 Å². The number of amides is 2. The summed E-state index contributed by atoms with van der Waals surface area (Å²) in [5.74, 6) is -2.07. The predicted molar refractivity (Wildman–Crippen MR) is 79.1 cm³/mol. The molecule has 2 amide bonds. The van der Waals surface area contributed by atoms with Crippen LogP contribution < -0.4 is 5.32 Å². The Hall–Kier alpha value is -1.76. The third kappa shape index (κ3) is 4.60. The minimum absolute atomic E-state index is 0.0405. The Morgan fingerprint density at radius 3 is 2.39 bits per heavy atom. The highest BCUT2D eigenvalue weighted by Crippen LogP contribution is 2.23. The van der Waals surface area contributed by atoms with Crippen molar-refractivity contribution >= 4 is 23.4 Å². The smallest absolute Gasteiger partial charge is 0.352 e. The molecule has 1 aromatic carbocycles. The van der Waals surface area contributed by atoms with Gasteiger partial charge < -0.3 is 10.2 Å². The van der Waals surface area contributed by atoms with Crippen molar-refractivity contribution in [1.82, 2.24) is 10.2 Å². The highest BCUT2D eigenvalue weighted by atomic mass is 35.5. The maximum atomic E-state index is 12.3. The van der Waals surface area contributed by atoms with E-state index in [1.165, 1.54) is 0 Å². The van der Waals surface area contributed by atoms with Crippen LogP contribution in [0, 0.1) is 5.92 Å². The number of nitrogens with one attached hydrogen (secondary N) is 1. The molecule has 0 aromatic heterocycles. The Kier molecular flexibility index (Phi) is 5.51. The van der Waals surface area contributed by atoms with Crippen LogP contribution >= 0.6 is 11.6 Å². The molecule has 8 heteroatoms. The molecule has 1 fully saturated rings. The SMILES string of the molecule is O=C(NCC1CCN(C(=O)C(F)(F)F)CC1)c1ccccc1Cl. The van der Waals surface area contributed by atoms with Gasteiger partial charge in [-0.25, -0.2) is 0 Å². The lowest BCUT2D eigenvalue weighted by molar-refractivity contribution is -0.186. The molecule has 2 rings (SSSR count). The van der Waals surface area contributed by atoms with Gasteiger partial charge in [-0.2, -0.15) is 13.2 Å². The summed E-state index contributed by atoms with van der Waals surface area (Å²) in [6.45, 7) is 0.439. The maximum absolute atomic E-state index is 12.3. The van der Waals surface area contributed by atoms with Gasteiger partial charge >= 0.3 is 12.1 Å². The zero-order valence-corrected chi connectivity index (χ0v) is 13.0. The average molecular weight is 349 g/mol. The highest BCUT2D eigenvalue weighted by Gasteiger charge is 2.43. The van der Waals surface area contributed by atoms with Crippen LogP contribution in [0.1, 0.15) is 23.2 Å². The molecule has 23 heavy (non-hydrogen) atoms. The van der Waals surface area contributed by atoms with Gasteiger partial charge in [0.1, 0.15) is 0 Å². The van der Waals surface area contributed by atoms with Gasteiger partial charge in [0.05, 0.1) is 10.6 Å². The minimum Gasteiger partial charge on any atom is -0.352 e. The Balaban J connectivity index is 1.80. The first-order valence-electron chi connectivity index (χ1n) is 7.18. The zero-order chi connectivity index (χ0) is 17.0. The van der Waals surface area contributed by atoms with E-state index < -0.39 is 12.1 Å². The van der Waals surface area contributed by atoms with Gasteiger partial charge in [0, 0.05) is 19.6 Å². The van der Waals surface area contributed by atoms with Crippen molar-refractivity contribution < 1.29 is 22.8 Å². The summed E-state index contributed by atoms with van der Waals surface area (Å²) in [6, 6.07) is 6.62. The van der Waals surface area contributed by atoms with Gasteiger partial charge in [-0.1, -0.05) is 23.7 Å². The second-order valence-corrected chi connectivity index (χ2v) is 5.83. The molecule has 0 saturated carbocycles. The molecular formula is C15H16ClF3N2O2. The van der Waals surface area contributed by atoms with Crippen molar-refractivity contribution in [3.8, 4) is 0 Å². The summed E-state index contributed by atoms with van der Waals surface area (Å²) in [4.78, 5) is 23.9. The summed E-state index contributed by atoms with van der Waals surface area (Å²) in [5, 5.41) is 3.08. The van der Waals surface area contributed by atoms with E-state index in [2.05, 4.69) is 5.32 Å². The topological polar surface area (TPSA) is 49.4 Å². The first kappa shape index (κ1) is 17.6. The Bertz CT molecular complexity index is 584. The van der Waals surface area contributed by atoms with Crippen LogP contribution in [0.4, 0.5) is 13.2 Å². The number of hydrogen-bond donors (Lipinski definition) is 1. The fourth-order valence-corrected chi connectivity index (χ4v) is 2.72. The maximum Gasteiger partial charge on any atom is 0.471 e. The standard InChI is InChI=1S/C15H16ClF3N2O2/c16-12-4-2-1-3-11(12)13(22)20-9-10-5-7-21(8-6-10)14(23)15(17,18)19/h1-4,10H,5-9H2,(H,20,22). The molecule has 1 heterocycles. The minimum atomic E-state index is -4.83. The van der Waals surface area contributed by atoms with Gasteiger partial charge in [0.15, 0.2) is 0 Å². The van der Waals surface area contributed by atoms with Crippen molar-refractivity contribution in [2.24, 2.45) is 5.92 Å². The summed E-state index contributed by atoms with van der Waals surface area (Å²) in [5.41, 5.74) is 0.360. The molecule has 1 aliphatic heterocycles. The normalized spacial score (nSPS) is 16.3. The molecule has 0 spiro atoms. The largest absolute Gasteiger partial charge is 0.471 e. The Morgan fingerprint density at radius 1 is 1.22 bits per heavy atom. The van der Waals surface area contributed by atoms with E-state index in [1.807, 2.05) is 0 Å². The Morgan fingerprint density at radius 2 is 1.83 bits per heavy atom. The van der Waals surface area contributed by atoms with Crippen LogP contribution in [0.2, 0.25) is 5.02 Å². The van der Waals surface area contributed by atoms with Crippen molar-refractivity contribution in [2.45, 2.75) is 19.0 Å². The number of piperidine rings is 1. The van der Waals surface area contributed by atoms with Crippen molar-refractivity contribution in [1.29, 1.82) is 0 Å². The second-order valence-electron chi connectivity index (χ2n) is 5.42. The molecule has 4 nitrogen and oxygen atoms in total. The van der Waals surface area contributed by atoms with Crippen LogP contribution in [0.3, 0.4) is 0 Å². The monoisotopic (exact) mass is 348 g/mol. The number of nitrogens with zero attached hydrogens (tertiary/aromatic N) is 1. The Labute approximate surface area is 136 Å². The average Bonchev–Trinajstić information content (AvgIpc) is 2.52. The first-order valence-corrected chi connectivity index (χ1v) is 7.55. The number of benzene rings is 1. The third-order valence-corrected chi connectivity index (χ3v) is 4.14. The van der Waals surface area contributed by atoms with Gasteiger partial charge in [0.2, 0.25) is 0 Å². The highest BCUT2D eigenvalue weighted by molar-refractivity contribution is 6.33. The van der Waals surface area contributed by atoms with Crippen LogP contribution in [0.15, 0.2) is 24.3 Å². The number of carbonyl (C=O) groups is 2. The number of carbonyl (C=O) groups excluding carboxylic acids is 2. The van der Waals surface area contributed by atoms with E-state index in [9.17, 15) is 22.8 Å². The third-order valence-electron chi connectivity index (χ3n) is 3.81. The van der Waals surface area contributed by atoms with E-state index in [4.69, 9.17) is 11.6 Å². The quantitative estimate of drug-likeness (QED) is 0.913. The molecule has 1 N–H and O–H groups in total. The number of halogens is 4. The molecular weight excluding hydrogens is 333 g/mol. The molecule has 0 atom stereocenters. The van der Waals surface area contributed by atoms with E-state index in [0.29, 0.717) is 30.0 Å². The number of likely N-dealkylation sites (tertiary alicyclic amines) is 1. The summed E-state index contributed by atoms with van der Waals surface area (Å²) in [7, 11) is 0. The molecule has 0 aliphatic carbocycles. The van der Waals surface area contributed by atoms with E-state index in [1.54, 1.807) is 24.3 Å². The summed E-state index contributed by atoms with van der Waals surface area (Å²) >= 11 is 5.93. The molecule has 0 bridgehead atoms. The second kappa shape index (κ2) is 7.21. The van der Waals surface area contributed by atoms with Gasteiger partial charge in [-0.05, 0) is 30.9 Å². The summed E-state index contributed by atoms with van der Waals surface area (Å²) in [6.07, 6.45) is -3.99. The fourth-order valence-electron chi connectivity index (χ4n) is 2.50. The van der Waals surface area contributed by atoms with E-state index >= 15 is 0 Å². The molecule has 0 unspecified atom stereocenters. The zero-order valence-electron chi connectivity index (χ0n) is 12.2.